The Morgan fingerprint density at radius 1 is 1.06 bits per heavy atom. The molecule has 186 valence electrons. The van der Waals surface area contributed by atoms with Gasteiger partial charge in [0.25, 0.3) is 0 Å². The van der Waals surface area contributed by atoms with E-state index < -0.39 is 86.1 Å². The molecule has 0 saturated carbocycles. The highest BCUT2D eigenvalue weighted by atomic mass is 16.8. The van der Waals surface area contributed by atoms with E-state index in [1.54, 1.807) is 7.05 Å². The zero-order valence-electron chi connectivity index (χ0n) is 17.7. The number of hydrogen-bond acceptors (Lipinski definition) is 13. The first-order valence-corrected chi connectivity index (χ1v) is 10.6. The molecule has 32 heavy (non-hydrogen) atoms. The van der Waals surface area contributed by atoms with Gasteiger partial charge >= 0.3 is 0 Å². The Hall–Kier alpha value is -1.01. The van der Waals surface area contributed by atoms with Crippen molar-refractivity contribution in [3.8, 4) is 0 Å². The summed E-state index contributed by atoms with van der Waals surface area (Å²) in [4.78, 5) is 11.9. The summed E-state index contributed by atoms with van der Waals surface area (Å²) >= 11 is 0. The van der Waals surface area contributed by atoms with Crippen molar-refractivity contribution in [3.05, 3.63) is 0 Å². The molecule has 0 aromatic heterocycles. The molecule has 3 saturated heterocycles. The summed E-state index contributed by atoms with van der Waals surface area (Å²) in [7, 11) is 1.55. The van der Waals surface area contributed by atoms with Gasteiger partial charge in [-0.15, -0.1) is 0 Å². The van der Waals surface area contributed by atoms with E-state index in [1.807, 2.05) is 0 Å². The lowest BCUT2D eigenvalue weighted by Gasteiger charge is -2.50. The molecule has 0 bridgehead atoms. The summed E-state index contributed by atoms with van der Waals surface area (Å²) in [5.41, 5.74) is 11.2. The molecule has 3 rings (SSSR count). The number of ether oxygens (including phenoxy) is 4. The molecule has 11 N–H and O–H groups in total. The van der Waals surface area contributed by atoms with Gasteiger partial charge in [0.15, 0.2) is 18.9 Å². The minimum absolute atomic E-state index is 0.00347. The normalized spacial score (nSPS) is 47.0. The van der Waals surface area contributed by atoms with Crippen molar-refractivity contribution in [2.75, 3.05) is 20.2 Å². The maximum Gasteiger partial charge on any atom is 0.221 e. The average Bonchev–Trinajstić information content (AvgIpc) is 2.75. The van der Waals surface area contributed by atoms with Crippen LogP contribution < -0.4 is 22.1 Å². The molecule has 14 nitrogen and oxygen atoms in total. The molecule has 0 aromatic rings. The molecule has 10 unspecified atom stereocenters. The van der Waals surface area contributed by atoms with Crippen LogP contribution in [-0.2, 0) is 23.7 Å². The zero-order valence-corrected chi connectivity index (χ0v) is 17.7. The molecule has 1 amide bonds. The van der Waals surface area contributed by atoms with Gasteiger partial charge in [0.05, 0.1) is 30.8 Å². The topological polar surface area (TPSA) is 231 Å². The number of carbonyl (C=O) groups is 1. The Morgan fingerprint density at radius 2 is 1.78 bits per heavy atom. The van der Waals surface area contributed by atoms with Crippen molar-refractivity contribution in [1.29, 1.82) is 0 Å². The number of amides is 1. The van der Waals surface area contributed by atoms with Crippen LogP contribution in [0.2, 0.25) is 0 Å². The van der Waals surface area contributed by atoms with Crippen LogP contribution in [0.15, 0.2) is 0 Å². The van der Waals surface area contributed by atoms with Crippen molar-refractivity contribution >= 4 is 5.91 Å². The van der Waals surface area contributed by atoms with Crippen LogP contribution in [0.4, 0.5) is 0 Å². The van der Waals surface area contributed by atoms with Crippen LogP contribution in [-0.4, -0.2) is 125 Å². The Morgan fingerprint density at radius 3 is 2.41 bits per heavy atom. The third kappa shape index (κ3) is 5.22. The lowest BCUT2D eigenvalue weighted by atomic mass is 9.90. The summed E-state index contributed by atoms with van der Waals surface area (Å²) in [5, 5.41) is 56.7. The van der Waals surface area contributed by atoms with Crippen molar-refractivity contribution in [2.45, 2.75) is 86.5 Å². The Balaban J connectivity index is 1.70. The van der Waals surface area contributed by atoms with Gasteiger partial charge in [0, 0.05) is 13.0 Å². The number of rotatable bonds is 7. The highest BCUT2D eigenvalue weighted by Crippen LogP contribution is 2.33. The number of hydrogen-bond donors (Lipinski definition) is 9. The van der Waals surface area contributed by atoms with Crippen molar-refractivity contribution < 1.29 is 49.3 Å². The van der Waals surface area contributed by atoms with Gasteiger partial charge in [-0.2, -0.15) is 0 Å². The monoisotopic (exact) mass is 466 g/mol. The molecule has 14 heteroatoms. The van der Waals surface area contributed by atoms with Gasteiger partial charge < -0.3 is 66.6 Å². The molecule has 0 spiro atoms. The minimum atomic E-state index is -1.61. The molecule has 0 aromatic carbocycles. The summed E-state index contributed by atoms with van der Waals surface area (Å²) < 4.78 is 22.6. The van der Waals surface area contributed by atoms with Crippen molar-refractivity contribution in [1.82, 2.24) is 10.6 Å². The molecule has 3 aliphatic heterocycles. The van der Waals surface area contributed by atoms with E-state index in [1.165, 1.54) is 0 Å². The highest BCUT2D eigenvalue weighted by molar-refractivity contribution is 5.76. The lowest BCUT2D eigenvalue weighted by Crippen LogP contribution is -2.69. The lowest BCUT2D eigenvalue weighted by molar-refractivity contribution is -0.368. The molecule has 3 aliphatic rings. The number of nitrogens with two attached hydrogens (primary N) is 2. The summed E-state index contributed by atoms with van der Waals surface area (Å²) in [5.74, 6) is -0.471. The first-order valence-electron chi connectivity index (χ1n) is 10.6. The van der Waals surface area contributed by atoms with E-state index in [0.717, 1.165) is 0 Å². The number of aliphatic hydroxyl groups excluding tert-OH is 5. The first kappa shape index (κ1) is 25.6. The number of aliphatic hydroxyl groups is 5. The van der Waals surface area contributed by atoms with Crippen LogP contribution in [0.3, 0.4) is 0 Å². The van der Waals surface area contributed by atoms with E-state index >= 15 is 0 Å². The van der Waals surface area contributed by atoms with Gasteiger partial charge in [-0.3, -0.25) is 4.79 Å². The van der Waals surface area contributed by atoms with E-state index in [4.69, 9.17) is 30.4 Å². The maximum atomic E-state index is 11.9. The second-order valence-electron chi connectivity index (χ2n) is 8.21. The minimum Gasteiger partial charge on any atom is -0.394 e. The number of nitrogens with one attached hydrogen (secondary N) is 2. The van der Waals surface area contributed by atoms with Gasteiger partial charge in [-0.1, -0.05) is 0 Å². The molecule has 0 aliphatic carbocycles. The smallest absolute Gasteiger partial charge is 0.221 e. The van der Waals surface area contributed by atoms with Gasteiger partial charge in [-0.05, 0) is 13.5 Å². The SMILES string of the molecule is CNC1C(OC2OC(CO)C(NC(=O)CCN)C(O)C2O)O[C@H]2C[C@H](N)C(O)OC2C1O. The maximum absolute atomic E-state index is 11.9. The largest absolute Gasteiger partial charge is 0.394 e. The summed E-state index contributed by atoms with van der Waals surface area (Å²) in [6.45, 7) is -0.487. The molecular weight excluding hydrogens is 432 g/mol. The van der Waals surface area contributed by atoms with E-state index in [9.17, 15) is 30.3 Å². The molecule has 3 heterocycles. The van der Waals surface area contributed by atoms with E-state index in [0.29, 0.717) is 0 Å². The first-order chi connectivity index (χ1) is 15.2. The van der Waals surface area contributed by atoms with E-state index in [-0.39, 0.29) is 19.4 Å². The number of fused-ring (bicyclic) bond motifs is 1. The quantitative estimate of drug-likeness (QED) is 0.170. The Kier molecular flexibility index (Phi) is 8.76. The van der Waals surface area contributed by atoms with Gasteiger partial charge in [0.1, 0.15) is 30.5 Å². The average molecular weight is 466 g/mol. The van der Waals surface area contributed by atoms with Crippen LogP contribution in [0.1, 0.15) is 12.8 Å². The highest BCUT2D eigenvalue weighted by Gasteiger charge is 2.53. The van der Waals surface area contributed by atoms with Crippen LogP contribution in [0.5, 0.6) is 0 Å². The third-order valence-corrected chi connectivity index (χ3v) is 6.03. The zero-order chi connectivity index (χ0) is 23.6. The van der Waals surface area contributed by atoms with Crippen molar-refractivity contribution in [2.24, 2.45) is 11.5 Å². The van der Waals surface area contributed by atoms with Crippen LogP contribution in [0, 0.1) is 0 Å². The predicted molar refractivity (Wildman–Crippen MR) is 105 cm³/mol. The Labute approximate surface area is 184 Å². The predicted octanol–water partition coefficient (Wildman–Crippen LogP) is -5.62. The van der Waals surface area contributed by atoms with Crippen molar-refractivity contribution in [3.63, 3.8) is 0 Å². The fourth-order valence-corrected chi connectivity index (χ4v) is 4.25. The van der Waals surface area contributed by atoms with Gasteiger partial charge in [-0.25, -0.2) is 0 Å². The third-order valence-electron chi connectivity index (χ3n) is 6.03. The van der Waals surface area contributed by atoms with Crippen LogP contribution >= 0.6 is 0 Å². The number of carbonyl (C=O) groups excluding carboxylic acids is 1. The molecule has 0 radical (unpaired) electrons. The number of likely N-dealkylation sites (N-methyl/N-ethyl adjacent to an activating group) is 1. The standard InChI is InChI=1S/C18H34N4O10/c1-21-11-13(26)15-7(4-6(20)16(28)31-15)29-17(11)32-18-14(27)12(25)10(8(5-23)30-18)22-9(24)2-3-19/h6-8,10-18,21,23,25-28H,2-5,19-20H2,1H3,(H,22,24)/t6-,7-,8?,10?,11?,12?,13?,14?,15?,16?,17?,18?/m0/s1. The fourth-order valence-electron chi connectivity index (χ4n) is 4.25. The van der Waals surface area contributed by atoms with Crippen LogP contribution in [0.25, 0.3) is 0 Å². The molecular formula is C18H34N4O10. The summed E-state index contributed by atoms with van der Waals surface area (Å²) in [6.07, 6.45) is -10.6. The molecule has 12 atom stereocenters. The Bertz CT molecular complexity index is 629. The molecule has 3 fully saturated rings. The second-order valence-corrected chi connectivity index (χ2v) is 8.21. The summed E-state index contributed by atoms with van der Waals surface area (Å²) in [6, 6.07) is -2.67. The second kappa shape index (κ2) is 10.9. The van der Waals surface area contributed by atoms with E-state index in [2.05, 4.69) is 10.6 Å². The van der Waals surface area contributed by atoms with Gasteiger partial charge in [0.2, 0.25) is 5.91 Å². The fraction of sp³-hybridized carbons (Fsp3) is 0.944.